The van der Waals surface area contributed by atoms with E-state index in [1.165, 1.54) is 16.7 Å². The summed E-state index contributed by atoms with van der Waals surface area (Å²) in [7, 11) is 0. The summed E-state index contributed by atoms with van der Waals surface area (Å²) < 4.78 is 0. The Hall–Kier alpha value is -0.980. The molecule has 1 saturated heterocycles. The zero-order chi connectivity index (χ0) is 10.8. The highest BCUT2D eigenvalue weighted by molar-refractivity contribution is 7.99. The molecule has 1 aliphatic rings. The van der Waals surface area contributed by atoms with Crippen LogP contribution in [0.4, 0.5) is 0 Å². The lowest BCUT2D eigenvalue weighted by Crippen LogP contribution is -2.24. The maximum Gasteiger partial charge on any atom is 0.106 e. The largest absolute Gasteiger partial charge is 0.286 e. The van der Waals surface area contributed by atoms with Gasteiger partial charge in [-0.15, -0.1) is 11.8 Å². The van der Waals surface area contributed by atoms with Crippen molar-refractivity contribution in [2.45, 2.75) is 25.3 Å². The van der Waals surface area contributed by atoms with E-state index in [9.17, 15) is 0 Å². The second-order valence-electron chi connectivity index (χ2n) is 3.85. The molecule has 0 aliphatic carbocycles. The van der Waals surface area contributed by atoms with Gasteiger partial charge in [-0.05, 0) is 30.5 Å². The molecule has 0 saturated carbocycles. The van der Waals surface area contributed by atoms with Gasteiger partial charge < -0.3 is 0 Å². The minimum absolute atomic E-state index is 0.0000813. The van der Waals surface area contributed by atoms with Crippen molar-refractivity contribution in [2.75, 3.05) is 5.75 Å². The number of thioether (sulfide) groups is 1. The molecule has 1 aromatic carbocycles. The number of aryl methyl sites for hydroxylation is 1. The average molecular weight is 218 g/mol. The molecule has 1 fully saturated rings. The first-order valence-electron chi connectivity index (χ1n) is 5.05. The van der Waals surface area contributed by atoms with Crippen LogP contribution in [0.25, 0.3) is 0 Å². The molecule has 0 aromatic heterocycles. The molecule has 15 heavy (non-hydrogen) atoms. The SMILES string of the molecule is Cc1cccc(C2NC(C#N)CS2)c1C. The van der Waals surface area contributed by atoms with Crippen LogP contribution in [0.3, 0.4) is 0 Å². The fraction of sp³-hybridized carbons (Fsp3) is 0.417. The van der Waals surface area contributed by atoms with Crippen LogP contribution < -0.4 is 5.32 Å². The minimum Gasteiger partial charge on any atom is -0.286 e. The van der Waals surface area contributed by atoms with Gasteiger partial charge in [0.15, 0.2) is 0 Å². The van der Waals surface area contributed by atoms with Crippen molar-refractivity contribution in [1.29, 1.82) is 5.26 Å². The van der Waals surface area contributed by atoms with Gasteiger partial charge in [0, 0.05) is 5.75 Å². The summed E-state index contributed by atoms with van der Waals surface area (Å²) in [5.74, 6) is 0.883. The van der Waals surface area contributed by atoms with Gasteiger partial charge in [-0.1, -0.05) is 18.2 Å². The van der Waals surface area contributed by atoms with Gasteiger partial charge >= 0.3 is 0 Å². The number of nitriles is 1. The van der Waals surface area contributed by atoms with Gasteiger partial charge in [-0.25, -0.2) is 0 Å². The van der Waals surface area contributed by atoms with Crippen LogP contribution in [0, 0.1) is 25.2 Å². The Balaban J connectivity index is 2.25. The molecule has 0 radical (unpaired) electrons. The van der Waals surface area contributed by atoms with Crippen LogP contribution in [-0.4, -0.2) is 11.8 Å². The Morgan fingerprint density at radius 2 is 2.27 bits per heavy atom. The van der Waals surface area contributed by atoms with E-state index in [4.69, 9.17) is 5.26 Å². The average Bonchev–Trinajstić information content (AvgIpc) is 2.70. The van der Waals surface area contributed by atoms with Crippen LogP contribution >= 0.6 is 11.8 Å². The fourth-order valence-corrected chi connectivity index (χ4v) is 3.03. The molecular weight excluding hydrogens is 204 g/mol. The smallest absolute Gasteiger partial charge is 0.106 e. The van der Waals surface area contributed by atoms with Gasteiger partial charge in [0.2, 0.25) is 0 Å². The summed E-state index contributed by atoms with van der Waals surface area (Å²) in [6, 6.07) is 8.62. The number of hydrogen-bond donors (Lipinski definition) is 1. The van der Waals surface area contributed by atoms with Crippen LogP contribution in [0.2, 0.25) is 0 Å². The second kappa shape index (κ2) is 4.26. The van der Waals surface area contributed by atoms with Crippen molar-refractivity contribution in [3.05, 3.63) is 34.9 Å². The lowest BCUT2D eigenvalue weighted by atomic mass is 10.0. The molecular formula is C12H14N2S. The molecule has 2 unspecified atom stereocenters. The number of nitrogens with one attached hydrogen (secondary N) is 1. The first kappa shape index (κ1) is 10.5. The van der Waals surface area contributed by atoms with E-state index in [0.29, 0.717) is 0 Å². The van der Waals surface area contributed by atoms with E-state index < -0.39 is 0 Å². The molecule has 2 nitrogen and oxygen atoms in total. The Labute approximate surface area is 94.7 Å². The van der Waals surface area contributed by atoms with Crippen molar-refractivity contribution in [1.82, 2.24) is 5.32 Å². The van der Waals surface area contributed by atoms with Gasteiger partial charge in [-0.3, -0.25) is 5.32 Å². The van der Waals surface area contributed by atoms with Crippen LogP contribution in [0.15, 0.2) is 18.2 Å². The predicted molar refractivity (Wildman–Crippen MR) is 63.7 cm³/mol. The topological polar surface area (TPSA) is 35.8 Å². The van der Waals surface area contributed by atoms with Crippen molar-refractivity contribution in [3.63, 3.8) is 0 Å². The Morgan fingerprint density at radius 3 is 2.93 bits per heavy atom. The predicted octanol–water partition coefficient (Wildman–Crippen LogP) is 2.53. The normalized spacial score (nSPS) is 25.1. The first-order chi connectivity index (χ1) is 7.22. The van der Waals surface area contributed by atoms with Crippen LogP contribution in [0.5, 0.6) is 0 Å². The van der Waals surface area contributed by atoms with E-state index in [1.807, 2.05) is 11.8 Å². The number of benzene rings is 1. The lowest BCUT2D eigenvalue weighted by molar-refractivity contribution is 0.668. The summed E-state index contributed by atoms with van der Waals surface area (Å²) >= 11 is 1.82. The van der Waals surface area contributed by atoms with E-state index >= 15 is 0 Å². The lowest BCUT2D eigenvalue weighted by Gasteiger charge is -2.14. The quantitative estimate of drug-likeness (QED) is 0.787. The maximum atomic E-state index is 8.83. The zero-order valence-electron chi connectivity index (χ0n) is 8.95. The second-order valence-corrected chi connectivity index (χ2v) is 4.99. The van der Waals surface area contributed by atoms with Gasteiger partial charge in [0.05, 0.1) is 11.4 Å². The van der Waals surface area contributed by atoms with E-state index in [-0.39, 0.29) is 11.4 Å². The summed E-state index contributed by atoms with van der Waals surface area (Å²) in [6.07, 6.45) is 0. The minimum atomic E-state index is -0.0000813. The summed E-state index contributed by atoms with van der Waals surface area (Å²) in [5.41, 5.74) is 3.97. The molecule has 0 bridgehead atoms. The van der Waals surface area contributed by atoms with Crippen molar-refractivity contribution >= 4 is 11.8 Å². The highest BCUT2D eigenvalue weighted by Gasteiger charge is 2.26. The Bertz CT molecular complexity index is 409. The molecule has 1 aliphatic heterocycles. The molecule has 1 aromatic rings. The number of hydrogen-bond acceptors (Lipinski definition) is 3. The van der Waals surface area contributed by atoms with Crippen LogP contribution in [-0.2, 0) is 0 Å². The summed E-state index contributed by atoms with van der Waals surface area (Å²) in [6.45, 7) is 4.27. The summed E-state index contributed by atoms with van der Waals surface area (Å²) in [4.78, 5) is 0. The Kier molecular flexibility index (Phi) is 2.99. The molecule has 1 heterocycles. The number of nitrogens with zero attached hydrogens (tertiary/aromatic N) is 1. The van der Waals surface area contributed by atoms with Gasteiger partial charge in [-0.2, -0.15) is 5.26 Å². The van der Waals surface area contributed by atoms with E-state index in [0.717, 1.165) is 5.75 Å². The first-order valence-corrected chi connectivity index (χ1v) is 6.10. The third-order valence-corrected chi connectivity index (χ3v) is 4.12. The van der Waals surface area contributed by atoms with Crippen molar-refractivity contribution < 1.29 is 0 Å². The molecule has 2 rings (SSSR count). The Morgan fingerprint density at radius 1 is 1.47 bits per heavy atom. The number of rotatable bonds is 1. The van der Waals surface area contributed by atoms with Gasteiger partial charge in [0.1, 0.15) is 6.04 Å². The van der Waals surface area contributed by atoms with Gasteiger partial charge in [0.25, 0.3) is 0 Å². The molecule has 1 N–H and O–H groups in total. The fourth-order valence-electron chi connectivity index (χ4n) is 1.78. The third-order valence-electron chi connectivity index (χ3n) is 2.87. The van der Waals surface area contributed by atoms with E-state index in [2.05, 4.69) is 43.4 Å². The highest BCUT2D eigenvalue weighted by atomic mass is 32.2. The molecule has 78 valence electrons. The zero-order valence-corrected chi connectivity index (χ0v) is 9.77. The van der Waals surface area contributed by atoms with E-state index in [1.54, 1.807) is 0 Å². The third kappa shape index (κ3) is 2.01. The molecule has 2 atom stereocenters. The summed E-state index contributed by atoms with van der Waals surface area (Å²) in [5, 5.41) is 12.4. The molecule has 0 amide bonds. The molecule has 0 spiro atoms. The maximum absolute atomic E-state index is 8.83. The van der Waals surface area contributed by atoms with Crippen molar-refractivity contribution in [2.24, 2.45) is 0 Å². The molecule has 3 heteroatoms. The van der Waals surface area contributed by atoms with Crippen molar-refractivity contribution in [3.8, 4) is 6.07 Å². The van der Waals surface area contributed by atoms with Crippen LogP contribution in [0.1, 0.15) is 22.1 Å². The standard InChI is InChI=1S/C12H14N2S/c1-8-4-3-5-11(9(8)2)12-14-10(6-13)7-15-12/h3-5,10,12,14H,7H2,1-2H3. The highest BCUT2D eigenvalue weighted by Crippen LogP contribution is 2.34. The monoisotopic (exact) mass is 218 g/mol.